The Balaban J connectivity index is 2.45. The topological polar surface area (TPSA) is 32.3 Å². The Morgan fingerprint density at radius 2 is 2.19 bits per heavy atom. The number of benzene rings is 1. The molecule has 0 radical (unpaired) electrons. The van der Waals surface area contributed by atoms with E-state index in [9.17, 15) is 4.39 Å². The minimum atomic E-state index is -0.179. The average molecular weight is 243 g/mol. The van der Waals surface area contributed by atoms with Crippen molar-refractivity contribution in [3.8, 4) is 0 Å². The highest BCUT2D eigenvalue weighted by Gasteiger charge is 2.08. The van der Waals surface area contributed by atoms with Gasteiger partial charge in [-0.05, 0) is 18.7 Å². The highest BCUT2D eigenvalue weighted by Crippen LogP contribution is 2.08. The fraction of sp³-hybridized carbons (Fsp3) is 0.500. The van der Waals surface area contributed by atoms with E-state index in [4.69, 9.17) is 5.11 Å². The van der Waals surface area contributed by atoms with Crippen molar-refractivity contribution in [2.24, 2.45) is 0 Å². The lowest BCUT2D eigenvalue weighted by molar-refractivity contribution is 0.269. The molecule has 1 atom stereocenters. The summed E-state index contributed by atoms with van der Waals surface area (Å²) in [6.45, 7) is 0.674. The highest BCUT2D eigenvalue weighted by atomic mass is 32.2. The normalized spacial score (nSPS) is 12.7. The summed E-state index contributed by atoms with van der Waals surface area (Å²) in [6.07, 6.45) is 2.73. The molecule has 90 valence electrons. The van der Waals surface area contributed by atoms with E-state index in [1.165, 1.54) is 6.07 Å². The van der Waals surface area contributed by atoms with Gasteiger partial charge in [0.15, 0.2) is 0 Å². The summed E-state index contributed by atoms with van der Waals surface area (Å²) >= 11 is 1.72. The second-order valence-corrected chi connectivity index (χ2v) is 4.55. The fourth-order valence-corrected chi connectivity index (χ4v) is 2.18. The van der Waals surface area contributed by atoms with Crippen LogP contribution in [0.4, 0.5) is 4.39 Å². The van der Waals surface area contributed by atoms with Gasteiger partial charge in [0.1, 0.15) is 5.82 Å². The van der Waals surface area contributed by atoms with Gasteiger partial charge in [0, 0.05) is 30.5 Å². The SMILES string of the molecule is CSCC(CCO)NCc1ccccc1F. The molecule has 0 heterocycles. The van der Waals surface area contributed by atoms with E-state index >= 15 is 0 Å². The Morgan fingerprint density at radius 1 is 1.44 bits per heavy atom. The van der Waals surface area contributed by atoms with Crippen molar-refractivity contribution in [1.29, 1.82) is 0 Å². The third-order valence-electron chi connectivity index (χ3n) is 2.38. The summed E-state index contributed by atoms with van der Waals surface area (Å²) in [5.41, 5.74) is 0.673. The maximum atomic E-state index is 13.3. The number of thioether (sulfide) groups is 1. The summed E-state index contributed by atoms with van der Waals surface area (Å²) in [5, 5.41) is 12.1. The van der Waals surface area contributed by atoms with Gasteiger partial charge in [-0.25, -0.2) is 4.39 Å². The van der Waals surface area contributed by atoms with Crippen LogP contribution in [-0.4, -0.2) is 29.8 Å². The maximum Gasteiger partial charge on any atom is 0.127 e. The Bertz CT molecular complexity index is 303. The molecule has 0 aliphatic carbocycles. The van der Waals surface area contributed by atoms with Gasteiger partial charge in [0.2, 0.25) is 0 Å². The van der Waals surface area contributed by atoms with E-state index in [0.29, 0.717) is 18.5 Å². The Hall–Kier alpha value is -0.580. The molecular formula is C12H18FNOS. The molecule has 0 aliphatic heterocycles. The van der Waals surface area contributed by atoms with Gasteiger partial charge in [-0.3, -0.25) is 0 Å². The van der Waals surface area contributed by atoms with Crippen LogP contribution in [-0.2, 0) is 6.54 Å². The molecule has 2 N–H and O–H groups in total. The van der Waals surface area contributed by atoms with Crippen LogP contribution in [0.3, 0.4) is 0 Å². The monoisotopic (exact) mass is 243 g/mol. The van der Waals surface area contributed by atoms with Gasteiger partial charge in [0.25, 0.3) is 0 Å². The summed E-state index contributed by atoms with van der Waals surface area (Å²) in [6, 6.07) is 6.99. The summed E-state index contributed by atoms with van der Waals surface area (Å²) in [7, 11) is 0. The zero-order valence-electron chi connectivity index (χ0n) is 9.45. The molecule has 0 aliphatic rings. The standard InChI is InChI=1S/C12H18FNOS/c1-16-9-11(6-7-15)14-8-10-4-2-3-5-12(10)13/h2-5,11,14-15H,6-9H2,1H3. The molecule has 1 unspecified atom stereocenters. The average Bonchev–Trinajstić information content (AvgIpc) is 2.28. The fourth-order valence-electron chi connectivity index (χ4n) is 1.50. The number of rotatable bonds is 7. The van der Waals surface area contributed by atoms with E-state index in [1.54, 1.807) is 23.9 Å². The van der Waals surface area contributed by atoms with Gasteiger partial charge < -0.3 is 10.4 Å². The van der Waals surface area contributed by atoms with Crippen molar-refractivity contribution in [3.63, 3.8) is 0 Å². The maximum absolute atomic E-state index is 13.3. The van der Waals surface area contributed by atoms with Crippen LogP contribution in [0.1, 0.15) is 12.0 Å². The molecule has 0 saturated heterocycles. The molecule has 1 rings (SSSR count). The predicted octanol–water partition coefficient (Wildman–Crippen LogP) is 2.03. The first-order valence-electron chi connectivity index (χ1n) is 5.34. The first-order chi connectivity index (χ1) is 7.77. The third kappa shape index (κ3) is 4.51. The molecule has 1 aromatic carbocycles. The molecule has 16 heavy (non-hydrogen) atoms. The van der Waals surface area contributed by atoms with E-state index in [-0.39, 0.29) is 18.5 Å². The summed E-state index contributed by atoms with van der Waals surface area (Å²) < 4.78 is 13.3. The van der Waals surface area contributed by atoms with Gasteiger partial charge >= 0.3 is 0 Å². The van der Waals surface area contributed by atoms with Gasteiger partial charge in [-0.2, -0.15) is 11.8 Å². The van der Waals surface area contributed by atoms with Crippen LogP contribution < -0.4 is 5.32 Å². The minimum absolute atomic E-state index is 0.162. The van der Waals surface area contributed by atoms with E-state index in [2.05, 4.69) is 5.32 Å². The van der Waals surface area contributed by atoms with Crippen LogP contribution in [0.5, 0.6) is 0 Å². The third-order valence-corrected chi connectivity index (χ3v) is 3.12. The Labute approximate surface area is 100 Å². The molecule has 0 bridgehead atoms. The number of hydrogen-bond acceptors (Lipinski definition) is 3. The Kier molecular flexibility index (Phi) is 6.45. The molecular weight excluding hydrogens is 225 g/mol. The zero-order chi connectivity index (χ0) is 11.8. The van der Waals surface area contributed by atoms with Crippen molar-refractivity contribution in [1.82, 2.24) is 5.32 Å². The Morgan fingerprint density at radius 3 is 2.81 bits per heavy atom. The summed E-state index contributed by atoms with van der Waals surface area (Å²) in [4.78, 5) is 0. The highest BCUT2D eigenvalue weighted by molar-refractivity contribution is 7.98. The van der Waals surface area contributed by atoms with Crippen molar-refractivity contribution in [2.75, 3.05) is 18.6 Å². The zero-order valence-corrected chi connectivity index (χ0v) is 10.3. The summed E-state index contributed by atoms with van der Waals surface area (Å²) in [5.74, 6) is 0.747. The van der Waals surface area contributed by atoms with Crippen molar-refractivity contribution in [2.45, 2.75) is 19.0 Å². The lowest BCUT2D eigenvalue weighted by atomic mass is 10.2. The van der Waals surface area contributed by atoms with Crippen LogP contribution in [0, 0.1) is 5.82 Å². The number of nitrogens with one attached hydrogen (secondary N) is 1. The van der Waals surface area contributed by atoms with E-state index in [1.807, 2.05) is 12.3 Å². The van der Waals surface area contributed by atoms with Crippen molar-refractivity contribution >= 4 is 11.8 Å². The number of aliphatic hydroxyl groups is 1. The van der Waals surface area contributed by atoms with Gasteiger partial charge in [-0.1, -0.05) is 18.2 Å². The van der Waals surface area contributed by atoms with Gasteiger partial charge in [0.05, 0.1) is 0 Å². The first kappa shape index (κ1) is 13.5. The molecule has 0 amide bonds. The van der Waals surface area contributed by atoms with Crippen LogP contribution in [0.15, 0.2) is 24.3 Å². The second kappa shape index (κ2) is 7.65. The molecule has 4 heteroatoms. The number of hydrogen-bond donors (Lipinski definition) is 2. The quantitative estimate of drug-likeness (QED) is 0.768. The smallest absolute Gasteiger partial charge is 0.127 e. The van der Waals surface area contributed by atoms with Crippen LogP contribution in [0.2, 0.25) is 0 Å². The molecule has 0 aromatic heterocycles. The van der Waals surface area contributed by atoms with Crippen LogP contribution in [0.25, 0.3) is 0 Å². The van der Waals surface area contributed by atoms with Crippen molar-refractivity contribution < 1.29 is 9.50 Å². The number of aliphatic hydroxyl groups excluding tert-OH is 1. The second-order valence-electron chi connectivity index (χ2n) is 3.64. The van der Waals surface area contributed by atoms with Crippen LogP contribution >= 0.6 is 11.8 Å². The largest absolute Gasteiger partial charge is 0.396 e. The van der Waals surface area contributed by atoms with E-state index in [0.717, 1.165) is 5.75 Å². The molecule has 0 fully saturated rings. The lowest BCUT2D eigenvalue weighted by Crippen LogP contribution is -2.32. The molecule has 1 aromatic rings. The van der Waals surface area contributed by atoms with E-state index < -0.39 is 0 Å². The predicted molar refractivity (Wildman–Crippen MR) is 67.1 cm³/mol. The van der Waals surface area contributed by atoms with Crippen molar-refractivity contribution in [3.05, 3.63) is 35.6 Å². The molecule has 0 spiro atoms. The lowest BCUT2D eigenvalue weighted by Gasteiger charge is -2.16. The first-order valence-corrected chi connectivity index (χ1v) is 6.74. The molecule has 2 nitrogen and oxygen atoms in total. The molecule has 0 saturated carbocycles. The minimum Gasteiger partial charge on any atom is -0.396 e. The van der Waals surface area contributed by atoms with Gasteiger partial charge in [-0.15, -0.1) is 0 Å². The number of halogens is 1.